The van der Waals surface area contributed by atoms with Gasteiger partial charge in [0.15, 0.2) is 0 Å². The average molecular weight is 432 g/mol. The Labute approximate surface area is 182 Å². The maximum Gasteiger partial charge on any atom is 0.213 e. The summed E-state index contributed by atoms with van der Waals surface area (Å²) in [5.41, 5.74) is 3.38. The topological polar surface area (TPSA) is 61.4 Å². The summed E-state index contributed by atoms with van der Waals surface area (Å²) in [6, 6.07) is 12.0. The third-order valence-electron chi connectivity index (χ3n) is 7.11. The number of hydrogen-bond donors (Lipinski definition) is 2. The number of benzene rings is 1. The highest BCUT2D eigenvalue weighted by molar-refractivity contribution is 7.90. The molecular formula is C24H37N3O2S. The molecule has 0 amide bonds. The van der Waals surface area contributed by atoms with Crippen LogP contribution in [0.1, 0.15) is 52.0 Å². The molecule has 1 aromatic carbocycles. The molecule has 0 unspecified atom stereocenters. The van der Waals surface area contributed by atoms with E-state index in [2.05, 4.69) is 58.3 Å². The van der Waals surface area contributed by atoms with Crippen molar-refractivity contribution in [2.45, 2.75) is 63.8 Å². The fourth-order valence-corrected chi connectivity index (χ4v) is 5.97. The molecule has 0 radical (unpaired) electrons. The molecule has 166 valence electrons. The summed E-state index contributed by atoms with van der Waals surface area (Å²) in [4.78, 5) is 2.39. The molecule has 0 aromatic heterocycles. The third-order valence-corrected chi connectivity index (χ3v) is 8.95. The molecule has 1 saturated heterocycles. The zero-order valence-corrected chi connectivity index (χ0v) is 19.4. The van der Waals surface area contributed by atoms with E-state index in [0.29, 0.717) is 30.0 Å². The van der Waals surface area contributed by atoms with E-state index in [9.17, 15) is 8.42 Å². The number of nitrogens with zero attached hydrogens (tertiary/aromatic N) is 1. The molecule has 3 fully saturated rings. The van der Waals surface area contributed by atoms with Crippen LogP contribution >= 0.6 is 0 Å². The summed E-state index contributed by atoms with van der Waals surface area (Å²) >= 11 is 0. The number of hydrogen-bond acceptors (Lipinski definition) is 4. The second-order valence-electron chi connectivity index (χ2n) is 9.90. The van der Waals surface area contributed by atoms with Crippen LogP contribution in [0, 0.1) is 11.3 Å². The predicted molar refractivity (Wildman–Crippen MR) is 124 cm³/mol. The Hall–Kier alpha value is -1.21. The van der Waals surface area contributed by atoms with Crippen molar-refractivity contribution in [1.82, 2.24) is 14.9 Å². The van der Waals surface area contributed by atoms with Crippen LogP contribution in [-0.4, -0.2) is 56.8 Å². The minimum absolute atomic E-state index is 0.360. The summed E-state index contributed by atoms with van der Waals surface area (Å²) < 4.78 is 26.4. The maximum atomic E-state index is 11.8. The van der Waals surface area contributed by atoms with E-state index in [1.54, 1.807) is 19.4 Å². The summed E-state index contributed by atoms with van der Waals surface area (Å²) in [5, 5.41) is 3.54. The lowest BCUT2D eigenvalue weighted by atomic mass is 9.60. The molecule has 1 aromatic rings. The SMILES string of the molecule is CC/C(=C\c1ccccc1)[C@@H]1C[C@H]1NC1CC2(C1)CN(CCNS(=O)(=O)C(C)C)C2. The fourth-order valence-electron chi connectivity index (χ4n) is 5.26. The van der Waals surface area contributed by atoms with E-state index in [0.717, 1.165) is 26.1 Å². The zero-order chi connectivity index (χ0) is 21.4. The molecule has 3 aliphatic rings. The molecule has 30 heavy (non-hydrogen) atoms. The molecule has 2 N–H and O–H groups in total. The average Bonchev–Trinajstić information content (AvgIpc) is 3.42. The van der Waals surface area contributed by atoms with Gasteiger partial charge in [0.2, 0.25) is 10.0 Å². The highest BCUT2D eigenvalue weighted by Crippen LogP contribution is 2.50. The van der Waals surface area contributed by atoms with Crippen LogP contribution in [0.5, 0.6) is 0 Å². The Morgan fingerprint density at radius 2 is 1.93 bits per heavy atom. The minimum atomic E-state index is -3.14. The van der Waals surface area contributed by atoms with Crippen molar-refractivity contribution < 1.29 is 8.42 Å². The first-order valence-corrected chi connectivity index (χ1v) is 13.1. The van der Waals surface area contributed by atoms with Gasteiger partial charge in [-0.15, -0.1) is 0 Å². The largest absolute Gasteiger partial charge is 0.311 e. The van der Waals surface area contributed by atoms with Gasteiger partial charge < -0.3 is 10.2 Å². The van der Waals surface area contributed by atoms with Gasteiger partial charge in [0.1, 0.15) is 0 Å². The van der Waals surface area contributed by atoms with Crippen LogP contribution in [-0.2, 0) is 10.0 Å². The summed E-state index contributed by atoms with van der Waals surface area (Å²) in [6.07, 6.45) is 7.33. The normalized spacial score (nSPS) is 26.6. The van der Waals surface area contributed by atoms with Crippen LogP contribution in [0.3, 0.4) is 0 Å². The van der Waals surface area contributed by atoms with Crippen molar-refractivity contribution >= 4 is 16.1 Å². The van der Waals surface area contributed by atoms with Crippen LogP contribution < -0.4 is 10.0 Å². The quantitative estimate of drug-likeness (QED) is 0.597. The molecule has 1 spiro atoms. The summed E-state index contributed by atoms with van der Waals surface area (Å²) in [6.45, 7) is 9.29. The Morgan fingerprint density at radius 3 is 2.57 bits per heavy atom. The van der Waals surface area contributed by atoms with Crippen LogP contribution in [0.25, 0.3) is 6.08 Å². The Morgan fingerprint density at radius 1 is 1.23 bits per heavy atom. The Balaban J connectivity index is 1.15. The minimum Gasteiger partial charge on any atom is -0.311 e. The standard InChI is InChI=1S/C24H37N3O2S/c1-4-20(12-19-8-6-5-7-9-19)22-13-23(22)26-21-14-24(15-21)16-27(17-24)11-10-25-30(28,29)18(2)3/h5-9,12,18,21-23,25-26H,4,10-11,13-17H2,1-3H3/b20-12+/t22-,23+/m0/s1. The van der Waals surface area contributed by atoms with Gasteiger partial charge in [-0.1, -0.05) is 48.9 Å². The molecule has 4 rings (SSSR count). The lowest BCUT2D eigenvalue weighted by Gasteiger charge is -2.59. The van der Waals surface area contributed by atoms with Crippen LogP contribution in [0.2, 0.25) is 0 Å². The molecule has 6 heteroatoms. The maximum absolute atomic E-state index is 11.8. The molecule has 2 saturated carbocycles. The summed E-state index contributed by atoms with van der Waals surface area (Å²) in [7, 11) is -3.14. The van der Waals surface area contributed by atoms with Crippen LogP contribution in [0.15, 0.2) is 35.9 Å². The lowest BCUT2D eigenvalue weighted by Crippen LogP contribution is -2.66. The molecule has 1 heterocycles. The van der Waals surface area contributed by atoms with Crippen molar-refractivity contribution in [2.75, 3.05) is 26.2 Å². The smallest absolute Gasteiger partial charge is 0.213 e. The Bertz CT molecular complexity index is 852. The van der Waals surface area contributed by atoms with Gasteiger partial charge in [-0.05, 0) is 56.4 Å². The molecule has 2 aliphatic carbocycles. The van der Waals surface area contributed by atoms with Gasteiger partial charge in [0, 0.05) is 38.3 Å². The van der Waals surface area contributed by atoms with E-state index < -0.39 is 10.0 Å². The Kier molecular flexibility index (Phi) is 6.40. The lowest BCUT2D eigenvalue weighted by molar-refractivity contribution is -0.0775. The van der Waals surface area contributed by atoms with Gasteiger partial charge in [-0.25, -0.2) is 13.1 Å². The first-order chi connectivity index (χ1) is 14.3. The fraction of sp³-hybridized carbons (Fsp3) is 0.667. The highest BCUT2D eigenvalue weighted by atomic mass is 32.2. The first-order valence-electron chi connectivity index (χ1n) is 11.5. The monoisotopic (exact) mass is 431 g/mol. The van der Waals surface area contributed by atoms with Gasteiger partial charge >= 0.3 is 0 Å². The molecule has 1 aliphatic heterocycles. The van der Waals surface area contributed by atoms with E-state index in [-0.39, 0.29) is 5.25 Å². The van der Waals surface area contributed by atoms with Crippen molar-refractivity contribution in [1.29, 1.82) is 0 Å². The van der Waals surface area contributed by atoms with Crippen molar-refractivity contribution in [3.05, 3.63) is 41.5 Å². The second-order valence-corrected chi connectivity index (χ2v) is 12.2. The molecular weight excluding hydrogens is 394 g/mol. The molecule has 0 bridgehead atoms. The second kappa shape index (κ2) is 8.73. The predicted octanol–water partition coefficient (Wildman–Crippen LogP) is 3.25. The van der Waals surface area contributed by atoms with Gasteiger partial charge in [-0.3, -0.25) is 0 Å². The summed E-state index contributed by atoms with van der Waals surface area (Å²) in [5.74, 6) is 0.707. The van der Waals surface area contributed by atoms with Gasteiger partial charge in [0.05, 0.1) is 5.25 Å². The van der Waals surface area contributed by atoms with Crippen molar-refractivity contribution in [3.63, 3.8) is 0 Å². The molecule has 2 atom stereocenters. The zero-order valence-electron chi connectivity index (χ0n) is 18.6. The first kappa shape index (κ1) is 22.0. The third kappa shape index (κ3) is 4.98. The van der Waals surface area contributed by atoms with Gasteiger partial charge in [0.25, 0.3) is 0 Å². The van der Waals surface area contributed by atoms with E-state index in [1.807, 2.05) is 0 Å². The number of nitrogens with one attached hydrogen (secondary N) is 2. The highest BCUT2D eigenvalue weighted by Gasteiger charge is 2.53. The number of sulfonamides is 1. The van der Waals surface area contributed by atoms with E-state index in [1.165, 1.54) is 24.8 Å². The van der Waals surface area contributed by atoms with E-state index in [4.69, 9.17) is 0 Å². The van der Waals surface area contributed by atoms with Crippen molar-refractivity contribution in [2.24, 2.45) is 11.3 Å². The van der Waals surface area contributed by atoms with Crippen LogP contribution in [0.4, 0.5) is 0 Å². The molecule has 5 nitrogen and oxygen atoms in total. The van der Waals surface area contributed by atoms with Crippen molar-refractivity contribution in [3.8, 4) is 0 Å². The number of rotatable bonds is 10. The number of likely N-dealkylation sites (tertiary alicyclic amines) is 1. The van der Waals surface area contributed by atoms with Gasteiger partial charge in [-0.2, -0.15) is 0 Å². The van der Waals surface area contributed by atoms with E-state index >= 15 is 0 Å².